The van der Waals surface area contributed by atoms with Crippen molar-refractivity contribution in [3.63, 3.8) is 0 Å². The molecular weight excluding hydrogens is 248 g/mol. The second kappa shape index (κ2) is 7.33. The van der Waals surface area contributed by atoms with Crippen LogP contribution < -0.4 is 0 Å². The predicted molar refractivity (Wildman–Crippen MR) is 71.1 cm³/mol. The van der Waals surface area contributed by atoms with E-state index < -0.39 is 5.97 Å². The Labute approximate surface area is 114 Å². The fraction of sp³-hybridized carbons (Fsp3) is 0.846. The van der Waals surface area contributed by atoms with Crippen LogP contribution in [0.15, 0.2) is 0 Å². The minimum absolute atomic E-state index is 0.0174. The maximum atomic E-state index is 12.5. The molecule has 0 bridgehead atoms. The Kier molecular flexibility index (Phi) is 6.08. The summed E-state index contributed by atoms with van der Waals surface area (Å²) in [6.45, 7) is 8.07. The highest BCUT2D eigenvalue weighted by Crippen LogP contribution is 2.13. The fourth-order valence-electron chi connectivity index (χ4n) is 2.15. The van der Waals surface area contributed by atoms with Gasteiger partial charge in [-0.25, -0.2) is 4.79 Å². The molecule has 19 heavy (non-hydrogen) atoms. The van der Waals surface area contributed by atoms with Gasteiger partial charge < -0.3 is 19.6 Å². The molecule has 0 aromatic carbocycles. The minimum Gasteiger partial charge on any atom is -0.481 e. The summed E-state index contributed by atoms with van der Waals surface area (Å²) in [6, 6.07) is 0.120. The van der Waals surface area contributed by atoms with Crippen LogP contribution in [-0.2, 0) is 9.53 Å². The zero-order chi connectivity index (χ0) is 14.4. The van der Waals surface area contributed by atoms with Gasteiger partial charge in [-0.15, -0.1) is 0 Å². The lowest BCUT2D eigenvalue weighted by molar-refractivity contribution is -0.137. The van der Waals surface area contributed by atoms with Crippen molar-refractivity contribution >= 4 is 12.0 Å². The molecule has 1 saturated heterocycles. The largest absolute Gasteiger partial charge is 0.481 e. The Balaban J connectivity index is 2.58. The lowest BCUT2D eigenvalue weighted by Gasteiger charge is -2.38. The van der Waals surface area contributed by atoms with Gasteiger partial charge in [0.2, 0.25) is 0 Å². The van der Waals surface area contributed by atoms with E-state index in [2.05, 4.69) is 0 Å². The van der Waals surface area contributed by atoms with Gasteiger partial charge in [-0.3, -0.25) is 4.79 Å². The third-order valence-electron chi connectivity index (χ3n) is 3.27. The number of carboxylic acids is 1. The summed E-state index contributed by atoms with van der Waals surface area (Å²) >= 11 is 0. The molecule has 0 aromatic rings. The summed E-state index contributed by atoms with van der Waals surface area (Å²) in [5, 5.41) is 8.66. The number of ether oxygens (including phenoxy) is 1. The fourth-order valence-corrected chi connectivity index (χ4v) is 2.15. The molecule has 1 heterocycles. The van der Waals surface area contributed by atoms with Crippen LogP contribution in [0, 0.1) is 0 Å². The van der Waals surface area contributed by atoms with Gasteiger partial charge in [0, 0.05) is 25.6 Å². The molecule has 6 heteroatoms. The highest BCUT2D eigenvalue weighted by Gasteiger charge is 2.28. The van der Waals surface area contributed by atoms with Gasteiger partial charge in [0.1, 0.15) is 0 Å². The molecule has 0 aliphatic carbocycles. The Morgan fingerprint density at radius 2 is 2.16 bits per heavy atom. The topological polar surface area (TPSA) is 70.1 Å². The first-order valence-electron chi connectivity index (χ1n) is 6.80. The van der Waals surface area contributed by atoms with Crippen LogP contribution in [0.5, 0.6) is 0 Å². The number of carboxylic acid groups (broad SMARTS) is 1. The average molecular weight is 272 g/mol. The monoisotopic (exact) mass is 272 g/mol. The van der Waals surface area contributed by atoms with E-state index >= 15 is 0 Å². The highest BCUT2D eigenvalue weighted by atomic mass is 16.5. The number of morpholine rings is 1. The first-order chi connectivity index (χ1) is 8.93. The maximum Gasteiger partial charge on any atom is 0.320 e. The third-order valence-corrected chi connectivity index (χ3v) is 3.27. The molecular formula is C13H24N2O4. The molecule has 1 fully saturated rings. The molecule has 1 aliphatic heterocycles. The summed E-state index contributed by atoms with van der Waals surface area (Å²) in [7, 11) is 0. The van der Waals surface area contributed by atoms with Crippen LogP contribution in [0.3, 0.4) is 0 Å². The van der Waals surface area contributed by atoms with Crippen molar-refractivity contribution in [3.05, 3.63) is 0 Å². The first kappa shape index (κ1) is 15.8. The van der Waals surface area contributed by atoms with E-state index in [0.29, 0.717) is 32.7 Å². The van der Waals surface area contributed by atoms with Crippen molar-refractivity contribution in [3.8, 4) is 0 Å². The van der Waals surface area contributed by atoms with Crippen LogP contribution in [-0.4, -0.2) is 65.3 Å². The third kappa shape index (κ3) is 4.70. The number of nitrogens with zero attached hydrogens (tertiary/aromatic N) is 2. The molecule has 0 aromatic heterocycles. The van der Waals surface area contributed by atoms with E-state index in [0.717, 1.165) is 0 Å². The lowest BCUT2D eigenvalue weighted by Crippen LogP contribution is -2.54. The van der Waals surface area contributed by atoms with E-state index in [1.807, 2.05) is 25.7 Å². The molecule has 1 N–H and O–H groups in total. The van der Waals surface area contributed by atoms with Gasteiger partial charge in [0.15, 0.2) is 0 Å². The van der Waals surface area contributed by atoms with Gasteiger partial charge in [-0.05, 0) is 27.2 Å². The molecule has 0 spiro atoms. The second-order valence-corrected chi connectivity index (χ2v) is 5.18. The van der Waals surface area contributed by atoms with E-state index in [-0.39, 0.29) is 24.5 Å². The summed E-state index contributed by atoms with van der Waals surface area (Å²) in [6.07, 6.45) is 0.577. The molecule has 6 nitrogen and oxygen atoms in total. The van der Waals surface area contributed by atoms with Gasteiger partial charge in [0.05, 0.1) is 19.3 Å². The quantitative estimate of drug-likeness (QED) is 0.821. The molecule has 110 valence electrons. The van der Waals surface area contributed by atoms with Crippen molar-refractivity contribution in [2.45, 2.75) is 45.7 Å². The number of amides is 2. The number of hydrogen-bond donors (Lipinski definition) is 1. The van der Waals surface area contributed by atoms with Crippen molar-refractivity contribution < 1.29 is 19.4 Å². The summed E-state index contributed by atoms with van der Waals surface area (Å²) in [5.41, 5.74) is 0. The molecule has 0 radical (unpaired) electrons. The SMILES string of the molecule is CC(C)N(CCCC(=O)O)C(=O)N1CCOCC1C. The van der Waals surface area contributed by atoms with Crippen LogP contribution in [0.1, 0.15) is 33.6 Å². The molecule has 1 unspecified atom stereocenters. The van der Waals surface area contributed by atoms with Gasteiger partial charge in [-0.2, -0.15) is 0 Å². The molecule has 1 aliphatic rings. The van der Waals surface area contributed by atoms with E-state index in [4.69, 9.17) is 9.84 Å². The normalized spacial score (nSPS) is 19.6. The maximum absolute atomic E-state index is 12.5. The average Bonchev–Trinajstić information content (AvgIpc) is 2.33. The number of urea groups is 1. The number of rotatable bonds is 5. The summed E-state index contributed by atoms with van der Waals surface area (Å²) in [4.78, 5) is 26.6. The second-order valence-electron chi connectivity index (χ2n) is 5.18. The van der Waals surface area contributed by atoms with Crippen LogP contribution in [0.4, 0.5) is 4.79 Å². The zero-order valence-corrected chi connectivity index (χ0v) is 12.0. The van der Waals surface area contributed by atoms with Crippen molar-refractivity contribution in [1.29, 1.82) is 0 Å². The van der Waals surface area contributed by atoms with Crippen LogP contribution in [0.25, 0.3) is 0 Å². The Bertz CT molecular complexity index is 320. The minimum atomic E-state index is -0.823. The molecule has 1 atom stereocenters. The van der Waals surface area contributed by atoms with E-state index in [9.17, 15) is 9.59 Å². The zero-order valence-electron chi connectivity index (χ0n) is 12.0. The number of aliphatic carboxylic acids is 1. The number of carbonyl (C=O) groups excluding carboxylic acids is 1. The lowest BCUT2D eigenvalue weighted by atomic mass is 10.2. The number of hydrogen-bond acceptors (Lipinski definition) is 3. The molecule has 2 amide bonds. The highest BCUT2D eigenvalue weighted by molar-refractivity contribution is 5.75. The smallest absolute Gasteiger partial charge is 0.320 e. The van der Waals surface area contributed by atoms with Gasteiger partial charge in [-0.1, -0.05) is 0 Å². The molecule has 1 rings (SSSR count). The summed E-state index contributed by atoms with van der Waals surface area (Å²) < 4.78 is 5.32. The predicted octanol–water partition coefficient (Wildman–Crippen LogP) is 1.40. The van der Waals surface area contributed by atoms with Gasteiger partial charge in [0.25, 0.3) is 0 Å². The Hall–Kier alpha value is -1.30. The van der Waals surface area contributed by atoms with E-state index in [1.165, 1.54) is 0 Å². The Morgan fingerprint density at radius 1 is 1.47 bits per heavy atom. The summed E-state index contributed by atoms with van der Waals surface area (Å²) in [5.74, 6) is -0.823. The number of carbonyl (C=O) groups is 2. The van der Waals surface area contributed by atoms with Crippen LogP contribution in [0.2, 0.25) is 0 Å². The standard InChI is InChI=1S/C13H24N2O4/c1-10(2)14(6-4-5-12(16)17)13(18)15-7-8-19-9-11(15)3/h10-11H,4-9H2,1-3H3,(H,16,17). The van der Waals surface area contributed by atoms with Crippen molar-refractivity contribution in [1.82, 2.24) is 9.80 Å². The van der Waals surface area contributed by atoms with Gasteiger partial charge >= 0.3 is 12.0 Å². The van der Waals surface area contributed by atoms with Crippen molar-refractivity contribution in [2.75, 3.05) is 26.3 Å². The Morgan fingerprint density at radius 3 is 2.68 bits per heavy atom. The molecule has 0 saturated carbocycles. The van der Waals surface area contributed by atoms with E-state index in [1.54, 1.807) is 4.90 Å². The van der Waals surface area contributed by atoms with Crippen molar-refractivity contribution in [2.24, 2.45) is 0 Å². The van der Waals surface area contributed by atoms with Crippen LogP contribution >= 0.6 is 0 Å². The first-order valence-corrected chi connectivity index (χ1v) is 6.80.